The Hall–Kier alpha value is -1.27. The quantitative estimate of drug-likeness (QED) is 0.647. The minimum absolute atomic E-state index is 0.0189. The monoisotopic (exact) mass is 296 g/mol. The molecule has 0 bridgehead atoms. The van der Waals surface area contributed by atoms with Gasteiger partial charge in [-0.1, -0.05) is 19.1 Å². The van der Waals surface area contributed by atoms with Crippen molar-refractivity contribution in [2.45, 2.75) is 48.8 Å². The van der Waals surface area contributed by atoms with Crippen LogP contribution in [0, 0.1) is 10.1 Å². The van der Waals surface area contributed by atoms with Gasteiger partial charge in [-0.15, -0.1) is 0 Å². The fourth-order valence-corrected chi connectivity index (χ4v) is 4.30. The van der Waals surface area contributed by atoms with Crippen LogP contribution in [0.5, 0.6) is 0 Å². The molecule has 20 heavy (non-hydrogen) atoms. The van der Waals surface area contributed by atoms with Gasteiger partial charge in [-0.2, -0.15) is 0 Å². The lowest BCUT2D eigenvalue weighted by atomic mass is 10.2. The molecule has 0 spiro atoms. The van der Waals surface area contributed by atoms with Crippen molar-refractivity contribution in [1.82, 2.24) is 5.32 Å². The molecule has 1 aliphatic carbocycles. The summed E-state index contributed by atoms with van der Waals surface area (Å²) in [6.45, 7) is 3.08. The zero-order valence-electron chi connectivity index (χ0n) is 11.6. The van der Waals surface area contributed by atoms with E-state index in [1.165, 1.54) is 6.07 Å². The highest BCUT2D eigenvalue weighted by Crippen LogP contribution is 2.31. The van der Waals surface area contributed by atoms with Crippen molar-refractivity contribution in [1.29, 1.82) is 0 Å². The van der Waals surface area contributed by atoms with Gasteiger partial charge >= 0.3 is 0 Å². The van der Waals surface area contributed by atoms with Gasteiger partial charge in [0.1, 0.15) is 4.90 Å². The van der Waals surface area contributed by atoms with Gasteiger partial charge < -0.3 is 5.32 Å². The van der Waals surface area contributed by atoms with Crippen molar-refractivity contribution in [3.8, 4) is 0 Å². The highest BCUT2D eigenvalue weighted by Gasteiger charge is 2.32. The first-order chi connectivity index (χ1) is 9.63. The topological polar surface area (TPSA) is 72.2 Å². The summed E-state index contributed by atoms with van der Waals surface area (Å²) < 4.78 is 12.6. The van der Waals surface area contributed by atoms with E-state index in [1.807, 2.05) is 0 Å². The molecule has 6 heteroatoms. The molecule has 1 aromatic carbocycles. The first kappa shape index (κ1) is 15.1. The third-order valence-electron chi connectivity index (χ3n) is 3.65. The fourth-order valence-electron chi connectivity index (χ4n) is 2.63. The number of para-hydroxylation sites is 1. The fraction of sp³-hybridized carbons (Fsp3) is 0.571. The number of nitro groups is 1. The predicted molar refractivity (Wildman–Crippen MR) is 79.2 cm³/mol. The lowest BCUT2D eigenvalue weighted by Gasteiger charge is -2.12. The first-order valence-electron chi connectivity index (χ1n) is 7.00. The van der Waals surface area contributed by atoms with Gasteiger partial charge in [-0.25, -0.2) is 0 Å². The summed E-state index contributed by atoms with van der Waals surface area (Å²) in [4.78, 5) is 10.9. The average Bonchev–Trinajstić information content (AvgIpc) is 2.93. The molecule has 0 aromatic heterocycles. The molecule has 1 aliphatic rings. The van der Waals surface area contributed by atoms with Crippen LogP contribution in [0.25, 0.3) is 0 Å². The Morgan fingerprint density at radius 2 is 2.15 bits per heavy atom. The largest absolute Gasteiger partial charge is 0.314 e. The van der Waals surface area contributed by atoms with Gasteiger partial charge in [0, 0.05) is 17.4 Å². The van der Waals surface area contributed by atoms with E-state index in [0.29, 0.717) is 10.9 Å². The van der Waals surface area contributed by atoms with E-state index in [2.05, 4.69) is 12.2 Å². The minimum Gasteiger partial charge on any atom is -0.314 e. The zero-order chi connectivity index (χ0) is 14.5. The van der Waals surface area contributed by atoms with Crippen LogP contribution < -0.4 is 5.32 Å². The Labute approximate surface area is 121 Å². The van der Waals surface area contributed by atoms with Gasteiger partial charge in [-0.05, 0) is 38.3 Å². The Morgan fingerprint density at radius 3 is 2.85 bits per heavy atom. The molecule has 110 valence electrons. The summed E-state index contributed by atoms with van der Waals surface area (Å²) in [5.74, 6) is 0. The second-order valence-corrected chi connectivity index (χ2v) is 6.81. The van der Waals surface area contributed by atoms with Gasteiger partial charge in [0.15, 0.2) is 0 Å². The second kappa shape index (κ2) is 6.95. The molecule has 0 aliphatic heterocycles. The molecule has 5 nitrogen and oxygen atoms in total. The van der Waals surface area contributed by atoms with Crippen LogP contribution in [0.3, 0.4) is 0 Å². The molecule has 0 amide bonds. The Balaban J connectivity index is 2.07. The summed E-state index contributed by atoms with van der Waals surface area (Å²) in [5.41, 5.74) is -0.0317. The summed E-state index contributed by atoms with van der Waals surface area (Å²) >= 11 is 0. The standard InChI is InChI=1S/C14H20N2O3S/c1-2-9-15-11-7-8-12(10-11)20(19)14-6-4-3-5-13(14)16(17)18/h3-6,11-12,15H,2,7-10H2,1H3. The van der Waals surface area contributed by atoms with Crippen molar-refractivity contribution in [2.24, 2.45) is 0 Å². The minimum atomic E-state index is -1.30. The predicted octanol–water partition coefficient (Wildman–Crippen LogP) is 2.62. The number of nitrogens with one attached hydrogen (secondary N) is 1. The molecule has 1 aromatic rings. The normalized spacial score (nSPS) is 23.6. The van der Waals surface area contributed by atoms with Crippen molar-refractivity contribution < 1.29 is 9.13 Å². The number of nitro benzene ring substituents is 1. The molecular formula is C14H20N2O3S. The van der Waals surface area contributed by atoms with Crippen molar-refractivity contribution in [3.05, 3.63) is 34.4 Å². The maximum absolute atomic E-state index is 12.6. The van der Waals surface area contributed by atoms with Gasteiger partial charge in [0.25, 0.3) is 5.69 Å². The lowest BCUT2D eigenvalue weighted by Crippen LogP contribution is -2.28. The highest BCUT2D eigenvalue weighted by atomic mass is 32.2. The van der Waals surface area contributed by atoms with Crippen molar-refractivity contribution >= 4 is 16.5 Å². The Morgan fingerprint density at radius 1 is 1.40 bits per heavy atom. The van der Waals surface area contributed by atoms with Crippen LogP contribution in [-0.4, -0.2) is 27.0 Å². The maximum Gasteiger partial charge on any atom is 0.285 e. The van der Waals surface area contributed by atoms with Gasteiger partial charge in [0.2, 0.25) is 0 Å². The lowest BCUT2D eigenvalue weighted by molar-refractivity contribution is -0.387. The molecule has 0 saturated heterocycles. The summed E-state index contributed by atoms with van der Waals surface area (Å²) in [6.07, 6.45) is 3.77. The smallest absolute Gasteiger partial charge is 0.285 e. The summed E-state index contributed by atoms with van der Waals surface area (Å²) in [6, 6.07) is 6.75. The van der Waals surface area contributed by atoms with Crippen molar-refractivity contribution in [3.63, 3.8) is 0 Å². The van der Waals surface area contributed by atoms with E-state index >= 15 is 0 Å². The van der Waals surface area contributed by atoms with Crippen LogP contribution in [-0.2, 0) is 10.8 Å². The second-order valence-electron chi connectivity index (χ2n) is 5.11. The number of hydrogen-bond acceptors (Lipinski definition) is 4. The molecule has 1 fully saturated rings. The summed E-state index contributed by atoms with van der Waals surface area (Å²) in [7, 11) is -1.30. The van der Waals surface area contributed by atoms with Crippen LogP contribution in [0.15, 0.2) is 29.2 Å². The molecular weight excluding hydrogens is 276 g/mol. The Kier molecular flexibility index (Phi) is 5.25. The highest BCUT2D eigenvalue weighted by molar-refractivity contribution is 7.85. The molecule has 0 heterocycles. The number of nitrogens with zero attached hydrogens (tertiary/aromatic N) is 1. The molecule has 2 rings (SSSR count). The number of rotatable bonds is 6. The zero-order valence-corrected chi connectivity index (χ0v) is 12.4. The van der Waals surface area contributed by atoms with E-state index in [0.717, 1.165) is 32.2 Å². The Bertz CT molecular complexity index is 507. The molecule has 1 saturated carbocycles. The van der Waals surface area contributed by atoms with Crippen LogP contribution in [0.2, 0.25) is 0 Å². The van der Waals surface area contributed by atoms with Crippen LogP contribution in [0.1, 0.15) is 32.6 Å². The van der Waals surface area contributed by atoms with E-state index in [1.54, 1.807) is 18.2 Å². The van der Waals surface area contributed by atoms with Gasteiger partial charge in [-0.3, -0.25) is 14.3 Å². The third kappa shape index (κ3) is 3.43. The van der Waals surface area contributed by atoms with Crippen LogP contribution >= 0.6 is 0 Å². The average molecular weight is 296 g/mol. The van der Waals surface area contributed by atoms with E-state index in [-0.39, 0.29) is 10.9 Å². The van der Waals surface area contributed by atoms with Crippen LogP contribution in [0.4, 0.5) is 5.69 Å². The number of hydrogen-bond donors (Lipinski definition) is 1. The molecule has 3 atom stereocenters. The molecule has 0 radical (unpaired) electrons. The third-order valence-corrected chi connectivity index (χ3v) is 5.46. The van der Waals surface area contributed by atoms with E-state index in [4.69, 9.17) is 0 Å². The molecule has 1 N–H and O–H groups in total. The molecule has 3 unspecified atom stereocenters. The SMILES string of the molecule is CCCNC1CCC(S(=O)c2ccccc2[N+](=O)[O-])C1. The first-order valence-corrected chi connectivity index (χ1v) is 8.22. The summed E-state index contributed by atoms with van der Waals surface area (Å²) in [5, 5.41) is 14.5. The van der Waals surface area contributed by atoms with E-state index in [9.17, 15) is 14.3 Å². The maximum atomic E-state index is 12.6. The van der Waals surface area contributed by atoms with Crippen molar-refractivity contribution in [2.75, 3.05) is 6.54 Å². The van der Waals surface area contributed by atoms with E-state index < -0.39 is 15.7 Å². The number of benzene rings is 1. The van der Waals surface area contributed by atoms with Gasteiger partial charge in [0.05, 0.1) is 15.7 Å².